The van der Waals surface area contributed by atoms with Crippen LogP contribution in [0.25, 0.3) is 0 Å². The Morgan fingerprint density at radius 1 is 0.885 bits per heavy atom. The smallest absolute Gasteiger partial charge is 0.257 e. The van der Waals surface area contributed by atoms with E-state index in [0.717, 1.165) is 4.47 Å². The molecular formula is C19H20BrN3O2S. The number of nitrogens with one attached hydrogen (secondary N) is 3. The van der Waals surface area contributed by atoms with Gasteiger partial charge in [0.2, 0.25) is 0 Å². The number of benzene rings is 2. The van der Waals surface area contributed by atoms with Crippen LogP contribution in [0.1, 0.15) is 41.5 Å². The lowest BCUT2D eigenvalue weighted by Crippen LogP contribution is -2.40. The van der Waals surface area contributed by atoms with E-state index in [4.69, 9.17) is 12.2 Å². The van der Waals surface area contributed by atoms with Gasteiger partial charge in [0.25, 0.3) is 11.8 Å². The second-order valence-corrected chi connectivity index (χ2v) is 8.02. The van der Waals surface area contributed by atoms with Crippen LogP contribution in [-0.4, -0.2) is 22.5 Å². The van der Waals surface area contributed by atoms with Gasteiger partial charge in [-0.15, -0.1) is 0 Å². The minimum Gasteiger partial charge on any atom is -0.347 e. The Morgan fingerprint density at radius 2 is 1.38 bits per heavy atom. The quantitative estimate of drug-likeness (QED) is 0.637. The number of hydrogen-bond donors (Lipinski definition) is 3. The molecule has 0 radical (unpaired) electrons. The van der Waals surface area contributed by atoms with Crippen molar-refractivity contribution in [3.05, 3.63) is 64.1 Å². The van der Waals surface area contributed by atoms with Crippen molar-refractivity contribution in [2.24, 2.45) is 0 Å². The molecule has 0 bridgehead atoms. The average Bonchev–Trinajstić information content (AvgIpc) is 2.54. The van der Waals surface area contributed by atoms with Crippen LogP contribution in [0, 0.1) is 0 Å². The molecule has 0 fully saturated rings. The number of thiocarbonyl (C=S) groups is 1. The van der Waals surface area contributed by atoms with Gasteiger partial charge in [0.1, 0.15) is 0 Å². The minimum atomic E-state index is -0.299. The molecule has 2 aromatic rings. The molecule has 2 rings (SSSR count). The summed E-state index contributed by atoms with van der Waals surface area (Å²) in [6.07, 6.45) is 0. The van der Waals surface area contributed by atoms with Crippen LogP contribution in [0.15, 0.2) is 53.0 Å². The Kier molecular flexibility index (Phi) is 6.50. The van der Waals surface area contributed by atoms with Gasteiger partial charge in [0.15, 0.2) is 5.11 Å². The Hall–Kier alpha value is -2.25. The highest BCUT2D eigenvalue weighted by molar-refractivity contribution is 9.10. The van der Waals surface area contributed by atoms with E-state index in [9.17, 15) is 9.59 Å². The van der Waals surface area contributed by atoms with E-state index in [1.165, 1.54) is 0 Å². The summed E-state index contributed by atoms with van der Waals surface area (Å²) < 4.78 is 0.894. The molecule has 0 atom stereocenters. The van der Waals surface area contributed by atoms with Gasteiger partial charge >= 0.3 is 0 Å². The highest BCUT2D eigenvalue weighted by atomic mass is 79.9. The van der Waals surface area contributed by atoms with Gasteiger partial charge in [-0.25, -0.2) is 0 Å². The first kappa shape index (κ1) is 20.1. The van der Waals surface area contributed by atoms with Crippen molar-refractivity contribution in [3.63, 3.8) is 0 Å². The lowest BCUT2D eigenvalue weighted by molar-refractivity contribution is 0.0918. The Morgan fingerprint density at radius 3 is 1.92 bits per heavy atom. The molecule has 0 aromatic heterocycles. The van der Waals surface area contributed by atoms with Gasteiger partial charge in [0.05, 0.1) is 0 Å². The van der Waals surface area contributed by atoms with E-state index in [0.29, 0.717) is 16.8 Å². The molecule has 2 amide bonds. The molecule has 5 nitrogen and oxygen atoms in total. The van der Waals surface area contributed by atoms with Crippen molar-refractivity contribution in [2.45, 2.75) is 26.3 Å². The van der Waals surface area contributed by atoms with Crippen molar-refractivity contribution >= 4 is 50.8 Å². The molecule has 0 aliphatic rings. The maximum absolute atomic E-state index is 12.1. The lowest BCUT2D eigenvalue weighted by atomic mass is 10.1. The summed E-state index contributed by atoms with van der Waals surface area (Å²) >= 11 is 8.49. The van der Waals surface area contributed by atoms with E-state index in [2.05, 4.69) is 31.9 Å². The highest BCUT2D eigenvalue weighted by Gasteiger charge is 2.15. The first-order valence-electron chi connectivity index (χ1n) is 7.94. The molecule has 136 valence electrons. The zero-order valence-corrected chi connectivity index (χ0v) is 17.1. The maximum Gasteiger partial charge on any atom is 0.257 e. The van der Waals surface area contributed by atoms with Crippen LogP contribution in [0.2, 0.25) is 0 Å². The number of hydrogen-bond acceptors (Lipinski definition) is 3. The Bertz CT molecular complexity index is 812. The SMILES string of the molecule is CC(C)(C)NC(=O)c1ccc(NC(=S)NC(=O)c2ccc(Br)cc2)cc1. The largest absolute Gasteiger partial charge is 0.347 e. The third-order valence-electron chi connectivity index (χ3n) is 3.23. The molecule has 0 aliphatic heterocycles. The normalized spacial score (nSPS) is 10.8. The first-order chi connectivity index (χ1) is 12.1. The van der Waals surface area contributed by atoms with Crippen LogP contribution < -0.4 is 16.0 Å². The number of halogens is 1. The summed E-state index contributed by atoms with van der Waals surface area (Å²) in [6, 6.07) is 13.8. The van der Waals surface area contributed by atoms with Crippen molar-refractivity contribution in [3.8, 4) is 0 Å². The maximum atomic E-state index is 12.1. The van der Waals surface area contributed by atoms with Gasteiger partial charge in [-0.3, -0.25) is 14.9 Å². The number of carbonyl (C=O) groups excluding carboxylic acids is 2. The summed E-state index contributed by atoms with van der Waals surface area (Å²) in [5.74, 6) is -0.439. The summed E-state index contributed by atoms with van der Waals surface area (Å²) in [4.78, 5) is 24.2. The molecule has 0 aliphatic carbocycles. The van der Waals surface area contributed by atoms with Crippen LogP contribution in [0.3, 0.4) is 0 Å². The van der Waals surface area contributed by atoms with Gasteiger partial charge in [-0.05, 0) is 81.5 Å². The Labute approximate surface area is 166 Å². The summed E-state index contributed by atoms with van der Waals surface area (Å²) in [5.41, 5.74) is 1.44. The zero-order valence-electron chi connectivity index (χ0n) is 14.7. The Balaban J connectivity index is 1.94. The van der Waals surface area contributed by atoms with Crippen molar-refractivity contribution in [2.75, 3.05) is 5.32 Å². The number of rotatable bonds is 3. The molecule has 0 unspecified atom stereocenters. The van der Waals surface area contributed by atoms with Crippen molar-refractivity contribution < 1.29 is 9.59 Å². The summed E-state index contributed by atoms with van der Waals surface area (Å²) in [5, 5.41) is 8.63. The van der Waals surface area contributed by atoms with Crippen LogP contribution in [0.5, 0.6) is 0 Å². The van der Waals surface area contributed by atoms with E-state index in [1.54, 1.807) is 48.5 Å². The van der Waals surface area contributed by atoms with Crippen LogP contribution >= 0.6 is 28.1 Å². The molecule has 2 aromatic carbocycles. The molecule has 0 saturated heterocycles. The summed E-state index contributed by atoms with van der Waals surface area (Å²) in [6.45, 7) is 5.77. The second kappa shape index (κ2) is 8.42. The molecule has 3 N–H and O–H groups in total. The fourth-order valence-electron chi connectivity index (χ4n) is 2.06. The predicted octanol–water partition coefficient (Wildman–Crippen LogP) is 4.10. The minimum absolute atomic E-state index is 0.143. The average molecular weight is 434 g/mol. The summed E-state index contributed by atoms with van der Waals surface area (Å²) in [7, 11) is 0. The molecule has 0 saturated carbocycles. The van der Waals surface area contributed by atoms with Crippen molar-refractivity contribution in [1.29, 1.82) is 0 Å². The first-order valence-corrected chi connectivity index (χ1v) is 9.15. The number of anilines is 1. The van der Waals surface area contributed by atoms with E-state index in [1.807, 2.05) is 20.8 Å². The van der Waals surface area contributed by atoms with Gasteiger partial charge in [-0.2, -0.15) is 0 Å². The lowest BCUT2D eigenvalue weighted by Gasteiger charge is -2.20. The molecular weight excluding hydrogens is 414 g/mol. The van der Waals surface area contributed by atoms with Crippen molar-refractivity contribution in [1.82, 2.24) is 10.6 Å². The van der Waals surface area contributed by atoms with Gasteiger partial charge in [-0.1, -0.05) is 15.9 Å². The molecule has 0 heterocycles. The second-order valence-electron chi connectivity index (χ2n) is 6.70. The van der Waals surface area contributed by atoms with E-state index in [-0.39, 0.29) is 22.5 Å². The van der Waals surface area contributed by atoms with E-state index >= 15 is 0 Å². The molecule has 7 heteroatoms. The van der Waals surface area contributed by atoms with Gasteiger partial charge < -0.3 is 10.6 Å². The number of carbonyl (C=O) groups is 2. The predicted molar refractivity (Wildman–Crippen MR) is 111 cm³/mol. The standard InChI is InChI=1S/C19H20BrN3O2S/c1-19(2,3)23-17(25)13-6-10-15(11-7-13)21-18(26)22-16(24)12-4-8-14(20)9-5-12/h4-11H,1-3H3,(H,23,25)(H2,21,22,24,26). The molecule has 0 spiro atoms. The van der Waals surface area contributed by atoms with Crippen LogP contribution in [-0.2, 0) is 0 Å². The fraction of sp³-hybridized carbons (Fsp3) is 0.211. The topological polar surface area (TPSA) is 70.2 Å². The third kappa shape index (κ3) is 6.24. The van der Waals surface area contributed by atoms with Crippen LogP contribution in [0.4, 0.5) is 5.69 Å². The molecule has 26 heavy (non-hydrogen) atoms. The van der Waals surface area contributed by atoms with Gasteiger partial charge in [0, 0.05) is 26.8 Å². The van der Waals surface area contributed by atoms with E-state index < -0.39 is 0 Å². The zero-order chi connectivity index (χ0) is 19.3. The highest BCUT2D eigenvalue weighted by Crippen LogP contribution is 2.12. The fourth-order valence-corrected chi connectivity index (χ4v) is 2.53. The third-order valence-corrected chi connectivity index (χ3v) is 3.96. The number of amides is 2. The monoisotopic (exact) mass is 433 g/mol.